The van der Waals surface area contributed by atoms with Crippen molar-refractivity contribution in [1.82, 2.24) is 0 Å². The highest BCUT2D eigenvalue weighted by Gasteiger charge is 2.15. The van der Waals surface area contributed by atoms with Gasteiger partial charge in [0.05, 0.1) is 13.2 Å². The Labute approximate surface area is 162 Å². The molecular formula is C20H21ClO6. The van der Waals surface area contributed by atoms with Crippen molar-refractivity contribution in [3.05, 3.63) is 63.2 Å². The molecule has 0 aliphatic heterocycles. The van der Waals surface area contributed by atoms with Crippen LogP contribution in [-0.2, 0) is 0 Å². The zero-order valence-electron chi connectivity index (χ0n) is 14.9. The Kier molecular flexibility index (Phi) is 7.95. The van der Waals surface area contributed by atoms with E-state index >= 15 is 0 Å². The van der Waals surface area contributed by atoms with Crippen molar-refractivity contribution in [2.75, 3.05) is 13.2 Å². The van der Waals surface area contributed by atoms with Gasteiger partial charge in [0.2, 0.25) is 16.9 Å². The van der Waals surface area contributed by atoms with Gasteiger partial charge in [-0.3, -0.25) is 4.79 Å². The maximum atomic E-state index is 12.1. The maximum absolute atomic E-state index is 12.1. The molecule has 27 heavy (non-hydrogen) atoms. The number of halogens is 1. The number of carbonyl (C=O) groups is 1. The minimum absolute atomic E-state index is 0.0216. The highest BCUT2D eigenvalue weighted by molar-refractivity contribution is 6.30. The van der Waals surface area contributed by atoms with Crippen LogP contribution in [0.2, 0.25) is 5.02 Å². The molecule has 0 bridgehead atoms. The number of ether oxygens (including phenoxy) is 2. The first-order valence-electron chi connectivity index (χ1n) is 8.56. The molecule has 0 saturated carbocycles. The van der Waals surface area contributed by atoms with E-state index in [0.717, 1.165) is 24.7 Å². The van der Waals surface area contributed by atoms with Crippen molar-refractivity contribution in [2.24, 2.45) is 0 Å². The first-order valence-corrected chi connectivity index (χ1v) is 8.94. The first kappa shape index (κ1) is 20.6. The minimum atomic E-state index is -1.30. The number of carboxylic acids is 1. The smallest absolute Gasteiger partial charge is 0.371 e. The van der Waals surface area contributed by atoms with E-state index in [1.165, 1.54) is 6.08 Å². The van der Waals surface area contributed by atoms with Crippen LogP contribution in [-0.4, -0.2) is 24.3 Å². The second-order valence-electron chi connectivity index (χ2n) is 5.69. The molecule has 0 radical (unpaired) electrons. The van der Waals surface area contributed by atoms with E-state index < -0.39 is 17.2 Å². The van der Waals surface area contributed by atoms with E-state index in [4.69, 9.17) is 30.6 Å². The number of aromatic carboxylic acids is 1. The van der Waals surface area contributed by atoms with Crippen LogP contribution in [0.5, 0.6) is 11.5 Å². The SMILES string of the molecule is C/C=C/c1oc(C(=O)O)cc(=O)c1OCCCCCOc1cccc(Cl)c1. The van der Waals surface area contributed by atoms with Crippen LogP contribution >= 0.6 is 11.6 Å². The monoisotopic (exact) mass is 392 g/mol. The van der Waals surface area contributed by atoms with Gasteiger partial charge in [-0.05, 0) is 50.5 Å². The van der Waals surface area contributed by atoms with Gasteiger partial charge in [0.15, 0.2) is 5.76 Å². The molecule has 0 spiro atoms. The lowest BCUT2D eigenvalue weighted by Crippen LogP contribution is -2.13. The first-order chi connectivity index (χ1) is 13.0. The fraction of sp³-hybridized carbons (Fsp3) is 0.300. The van der Waals surface area contributed by atoms with E-state index in [1.807, 2.05) is 12.1 Å². The van der Waals surface area contributed by atoms with Gasteiger partial charge in [0.25, 0.3) is 0 Å². The van der Waals surface area contributed by atoms with Gasteiger partial charge in [-0.25, -0.2) is 4.79 Å². The molecule has 6 nitrogen and oxygen atoms in total. The Bertz CT molecular complexity index is 856. The summed E-state index contributed by atoms with van der Waals surface area (Å²) < 4.78 is 16.3. The molecule has 2 aromatic rings. The summed E-state index contributed by atoms with van der Waals surface area (Å²) in [5, 5.41) is 9.60. The molecule has 1 heterocycles. The standard InChI is InChI=1S/C20H21ClO6/c1-2-7-17-19(16(22)13-18(27-17)20(23)24)26-11-5-3-4-10-25-15-9-6-8-14(21)12-15/h2,6-9,12-13H,3-5,10-11H2,1H3,(H,23,24)/b7-2+. The molecule has 1 N–H and O–H groups in total. The quantitative estimate of drug-likeness (QED) is 0.592. The van der Waals surface area contributed by atoms with E-state index in [9.17, 15) is 9.59 Å². The fourth-order valence-electron chi connectivity index (χ4n) is 2.31. The van der Waals surface area contributed by atoms with Crippen LogP contribution in [0.4, 0.5) is 0 Å². The van der Waals surface area contributed by atoms with Gasteiger partial charge in [0.1, 0.15) is 5.75 Å². The van der Waals surface area contributed by atoms with Gasteiger partial charge < -0.3 is 19.0 Å². The zero-order chi connectivity index (χ0) is 19.6. The van der Waals surface area contributed by atoms with Gasteiger partial charge in [-0.2, -0.15) is 0 Å². The third-order valence-corrected chi connectivity index (χ3v) is 3.79. The fourth-order valence-corrected chi connectivity index (χ4v) is 2.49. The van der Waals surface area contributed by atoms with E-state index in [-0.39, 0.29) is 11.5 Å². The number of rotatable bonds is 10. The van der Waals surface area contributed by atoms with Crippen molar-refractivity contribution in [3.8, 4) is 11.5 Å². The summed E-state index contributed by atoms with van der Waals surface area (Å²) >= 11 is 5.89. The largest absolute Gasteiger partial charge is 0.494 e. The number of carboxylic acid groups (broad SMARTS) is 1. The minimum Gasteiger partial charge on any atom is -0.494 e. The molecule has 7 heteroatoms. The highest BCUT2D eigenvalue weighted by atomic mass is 35.5. The summed E-state index contributed by atoms with van der Waals surface area (Å²) in [5.41, 5.74) is -0.518. The van der Waals surface area contributed by atoms with Crippen LogP contribution in [0.15, 0.2) is 45.6 Å². The van der Waals surface area contributed by atoms with Gasteiger partial charge in [-0.15, -0.1) is 0 Å². The molecule has 0 atom stereocenters. The third kappa shape index (κ3) is 6.49. The molecule has 0 amide bonds. The number of unbranched alkanes of at least 4 members (excludes halogenated alkanes) is 2. The summed E-state index contributed by atoms with van der Waals surface area (Å²) in [4.78, 5) is 23.1. The Hall–Kier alpha value is -2.73. The summed E-state index contributed by atoms with van der Waals surface area (Å²) in [5.74, 6) is -0.867. The Balaban J connectivity index is 1.79. The molecule has 2 rings (SSSR count). The average Bonchev–Trinajstić information content (AvgIpc) is 2.62. The van der Waals surface area contributed by atoms with E-state index in [2.05, 4.69) is 0 Å². The molecule has 144 valence electrons. The summed E-state index contributed by atoms with van der Waals surface area (Å²) in [6.45, 7) is 2.61. The Morgan fingerprint density at radius 2 is 1.93 bits per heavy atom. The molecule has 0 saturated heterocycles. The van der Waals surface area contributed by atoms with Crippen molar-refractivity contribution in [1.29, 1.82) is 0 Å². The Morgan fingerprint density at radius 3 is 2.59 bits per heavy atom. The highest BCUT2D eigenvalue weighted by Crippen LogP contribution is 2.19. The van der Waals surface area contributed by atoms with Crippen LogP contribution < -0.4 is 14.9 Å². The van der Waals surface area contributed by atoms with Crippen molar-refractivity contribution in [2.45, 2.75) is 26.2 Å². The van der Waals surface area contributed by atoms with Gasteiger partial charge >= 0.3 is 5.97 Å². The van der Waals surface area contributed by atoms with E-state index in [1.54, 1.807) is 25.1 Å². The molecule has 1 aromatic carbocycles. The summed E-state index contributed by atoms with van der Waals surface area (Å²) in [7, 11) is 0. The number of benzene rings is 1. The van der Waals surface area contributed by atoms with Crippen molar-refractivity contribution >= 4 is 23.6 Å². The second-order valence-corrected chi connectivity index (χ2v) is 6.12. The molecule has 0 aliphatic carbocycles. The number of allylic oxidation sites excluding steroid dienone is 1. The normalized spacial score (nSPS) is 10.9. The van der Waals surface area contributed by atoms with E-state index in [0.29, 0.717) is 24.7 Å². The van der Waals surface area contributed by atoms with Crippen molar-refractivity contribution in [3.63, 3.8) is 0 Å². The van der Waals surface area contributed by atoms with Gasteiger partial charge in [-0.1, -0.05) is 23.7 Å². The van der Waals surface area contributed by atoms with Gasteiger partial charge in [0, 0.05) is 11.1 Å². The zero-order valence-corrected chi connectivity index (χ0v) is 15.7. The molecule has 0 aliphatic rings. The third-order valence-electron chi connectivity index (χ3n) is 3.56. The predicted molar refractivity (Wildman–Crippen MR) is 103 cm³/mol. The molecule has 1 aromatic heterocycles. The summed E-state index contributed by atoms with van der Waals surface area (Å²) in [6, 6.07) is 8.14. The Morgan fingerprint density at radius 1 is 1.19 bits per heavy atom. The number of hydrogen-bond acceptors (Lipinski definition) is 5. The van der Waals surface area contributed by atoms with Crippen LogP contribution in [0.1, 0.15) is 42.5 Å². The van der Waals surface area contributed by atoms with Crippen LogP contribution in [0.3, 0.4) is 0 Å². The average molecular weight is 393 g/mol. The van der Waals surface area contributed by atoms with Crippen LogP contribution in [0, 0.1) is 0 Å². The maximum Gasteiger partial charge on any atom is 0.371 e. The molecule has 0 unspecified atom stereocenters. The predicted octanol–water partition coefficient (Wildman–Crippen LogP) is 4.65. The second kappa shape index (κ2) is 10.4. The van der Waals surface area contributed by atoms with Crippen LogP contribution in [0.25, 0.3) is 6.08 Å². The summed E-state index contributed by atoms with van der Waals surface area (Å²) in [6.07, 6.45) is 5.53. The molecule has 0 fully saturated rings. The lowest BCUT2D eigenvalue weighted by Gasteiger charge is -2.09. The lowest BCUT2D eigenvalue weighted by molar-refractivity contribution is 0.0658. The number of hydrogen-bond donors (Lipinski definition) is 1. The van der Waals surface area contributed by atoms with Crippen molar-refractivity contribution < 1.29 is 23.8 Å². The molecular weight excluding hydrogens is 372 g/mol. The topological polar surface area (TPSA) is 86.0 Å². The lowest BCUT2D eigenvalue weighted by atomic mass is 10.2.